The standard InChI is InChI=1S/C25H23ClN4O6/c1-2-35-25(32)18-11-13-29(14-12-18)23-21(30(33)34)24(28-15-27-23)36-20-9-5-17(6-10-20)22(31)16-3-7-19(26)8-4-16/h3-10,15,18H,2,11-14H2,1H3. The number of hydrogen-bond acceptors (Lipinski definition) is 9. The van der Waals surface area contributed by atoms with Crippen LogP contribution < -0.4 is 9.64 Å². The Labute approximate surface area is 212 Å². The molecule has 36 heavy (non-hydrogen) atoms. The molecule has 0 N–H and O–H groups in total. The Balaban J connectivity index is 1.51. The molecule has 0 radical (unpaired) electrons. The zero-order chi connectivity index (χ0) is 25.7. The Hall–Kier alpha value is -4.05. The van der Waals surface area contributed by atoms with Gasteiger partial charge in [-0.1, -0.05) is 11.6 Å². The summed E-state index contributed by atoms with van der Waals surface area (Å²) in [7, 11) is 0. The normalized spacial score (nSPS) is 13.8. The maximum absolute atomic E-state index is 12.7. The van der Waals surface area contributed by atoms with Crippen molar-refractivity contribution in [1.29, 1.82) is 0 Å². The lowest BCUT2D eigenvalue weighted by molar-refractivity contribution is -0.385. The average molecular weight is 511 g/mol. The van der Waals surface area contributed by atoms with Crippen LogP contribution in [-0.2, 0) is 9.53 Å². The summed E-state index contributed by atoms with van der Waals surface area (Å²) in [6, 6.07) is 12.8. The number of benzene rings is 2. The molecule has 1 saturated heterocycles. The molecule has 2 aromatic carbocycles. The first kappa shape index (κ1) is 25.1. The number of anilines is 1. The number of carbonyl (C=O) groups excluding carboxylic acids is 2. The van der Waals surface area contributed by atoms with Gasteiger partial charge in [-0.05, 0) is 68.3 Å². The number of nitrogens with zero attached hydrogens (tertiary/aromatic N) is 4. The van der Waals surface area contributed by atoms with E-state index in [-0.39, 0.29) is 40.8 Å². The van der Waals surface area contributed by atoms with Crippen LogP contribution in [0.15, 0.2) is 54.9 Å². The molecular formula is C25H23ClN4O6. The molecule has 1 aliphatic rings. The molecule has 0 spiro atoms. The molecular weight excluding hydrogens is 488 g/mol. The van der Waals surface area contributed by atoms with E-state index in [0.717, 1.165) is 0 Å². The van der Waals surface area contributed by atoms with Gasteiger partial charge in [-0.3, -0.25) is 19.7 Å². The fourth-order valence-electron chi connectivity index (χ4n) is 3.96. The molecule has 0 bridgehead atoms. The summed E-state index contributed by atoms with van der Waals surface area (Å²) in [5.74, 6) is -0.504. The van der Waals surface area contributed by atoms with Gasteiger partial charge < -0.3 is 14.4 Å². The van der Waals surface area contributed by atoms with Crippen LogP contribution in [0.5, 0.6) is 11.6 Å². The van der Waals surface area contributed by atoms with Gasteiger partial charge in [0.2, 0.25) is 5.82 Å². The van der Waals surface area contributed by atoms with Gasteiger partial charge in [0, 0.05) is 29.2 Å². The summed E-state index contributed by atoms with van der Waals surface area (Å²) in [4.78, 5) is 45.9. The molecule has 0 atom stereocenters. The highest BCUT2D eigenvalue weighted by Gasteiger charge is 2.33. The molecule has 1 fully saturated rings. The van der Waals surface area contributed by atoms with Crippen molar-refractivity contribution < 1.29 is 24.0 Å². The van der Waals surface area contributed by atoms with Crippen LogP contribution in [0, 0.1) is 16.0 Å². The van der Waals surface area contributed by atoms with Crippen molar-refractivity contribution >= 4 is 34.9 Å². The summed E-state index contributed by atoms with van der Waals surface area (Å²) in [5.41, 5.74) is 0.538. The van der Waals surface area contributed by atoms with Crippen molar-refractivity contribution in [2.45, 2.75) is 19.8 Å². The van der Waals surface area contributed by atoms with E-state index in [1.807, 2.05) is 0 Å². The second-order valence-corrected chi connectivity index (χ2v) is 8.52. The summed E-state index contributed by atoms with van der Waals surface area (Å²) < 4.78 is 10.8. The SMILES string of the molecule is CCOC(=O)C1CCN(c2ncnc(Oc3ccc(C(=O)c4ccc(Cl)cc4)cc3)c2[N+](=O)[O-])CC1. The van der Waals surface area contributed by atoms with Crippen LogP contribution in [0.4, 0.5) is 11.5 Å². The number of hydrogen-bond donors (Lipinski definition) is 0. The average Bonchev–Trinajstić information content (AvgIpc) is 2.89. The summed E-state index contributed by atoms with van der Waals surface area (Å²) >= 11 is 5.88. The van der Waals surface area contributed by atoms with Crippen LogP contribution in [0.25, 0.3) is 0 Å². The summed E-state index contributed by atoms with van der Waals surface area (Å²) in [6.45, 7) is 2.88. The van der Waals surface area contributed by atoms with E-state index in [1.54, 1.807) is 60.4 Å². The zero-order valence-electron chi connectivity index (χ0n) is 19.4. The first-order valence-electron chi connectivity index (χ1n) is 11.4. The van der Waals surface area contributed by atoms with Crippen LogP contribution in [0.2, 0.25) is 5.02 Å². The maximum Gasteiger partial charge on any atom is 0.373 e. The Bertz CT molecular complexity index is 1260. The molecule has 0 amide bonds. The molecule has 11 heteroatoms. The topological polar surface area (TPSA) is 125 Å². The van der Waals surface area contributed by atoms with Gasteiger partial charge in [-0.2, -0.15) is 4.98 Å². The molecule has 186 valence electrons. The van der Waals surface area contributed by atoms with Crippen LogP contribution in [0.3, 0.4) is 0 Å². The van der Waals surface area contributed by atoms with Crippen molar-refractivity contribution in [2.75, 3.05) is 24.6 Å². The van der Waals surface area contributed by atoms with E-state index in [2.05, 4.69) is 9.97 Å². The number of aromatic nitrogens is 2. The number of ketones is 1. The van der Waals surface area contributed by atoms with Crippen molar-refractivity contribution in [3.05, 3.63) is 81.1 Å². The van der Waals surface area contributed by atoms with Crippen LogP contribution >= 0.6 is 11.6 Å². The number of ether oxygens (including phenoxy) is 2. The quantitative estimate of drug-likeness (QED) is 0.181. The highest BCUT2D eigenvalue weighted by atomic mass is 35.5. The third kappa shape index (κ3) is 5.60. The van der Waals surface area contributed by atoms with Crippen molar-refractivity contribution in [3.8, 4) is 11.6 Å². The second kappa shape index (κ2) is 11.1. The highest BCUT2D eigenvalue weighted by molar-refractivity contribution is 6.30. The number of piperidine rings is 1. The van der Waals surface area contributed by atoms with E-state index < -0.39 is 4.92 Å². The van der Waals surface area contributed by atoms with Crippen LogP contribution in [-0.4, -0.2) is 46.3 Å². The third-order valence-electron chi connectivity index (χ3n) is 5.80. The molecule has 1 aromatic heterocycles. The van der Waals surface area contributed by atoms with Crippen LogP contribution in [0.1, 0.15) is 35.7 Å². The molecule has 1 aliphatic heterocycles. The van der Waals surface area contributed by atoms with Gasteiger partial charge in [0.1, 0.15) is 12.1 Å². The molecule has 10 nitrogen and oxygen atoms in total. The first-order chi connectivity index (χ1) is 17.4. The van der Waals surface area contributed by atoms with E-state index in [4.69, 9.17) is 21.1 Å². The number of rotatable bonds is 8. The summed E-state index contributed by atoms with van der Waals surface area (Å²) in [5, 5.41) is 12.5. The molecule has 2 heterocycles. The lowest BCUT2D eigenvalue weighted by atomic mass is 9.97. The lowest BCUT2D eigenvalue weighted by Crippen LogP contribution is -2.37. The smallest absolute Gasteiger partial charge is 0.373 e. The summed E-state index contributed by atoms with van der Waals surface area (Å²) in [6.07, 6.45) is 2.20. The Morgan fingerprint density at radius 1 is 1.06 bits per heavy atom. The lowest BCUT2D eigenvalue weighted by Gasteiger charge is -2.31. The fourth-order valence-corrected chi connectivity index (χ4v) is 4.09. The van der Waals surface area contributed by atoms with Gasteiger partial charge in [0.25, 0.3) is 0 Å². The minimum atomic E-state index is -0.583. The van der Waals surface area contributed by atoms with Gasteiger partial charge in [-0.25, -0.2) is 4.98 Å². The minimum absolute atomic E-state index is 0.127. The predicted octanol–water partition coefficient (Wildman–Crippen LogP) is 4.84. The van der Waals surface area contributed by atoms with Gasteiger partial charge in [0.15, 0.2) is 5.78 Å². The number of halogens is 1. The fraction of sp³-hybridized carbons (Fsp3) is 0.280. The number of esters is 1. The molecule has 4 rings (SSSR count). The number of nitro groups is 1. The predicted molar refractivity (Wildman–Crippen MR) is 132 cm³/mol. The molecule has 3 aromatic rings. The Morgan fingerprint density at radius 2 is 1.67 bits per heavy atom. The van der Waals surface area contributed by atoms with Crippen molar-refractivity contribution in [3.63, 3.8) is 0 Å². The van der Waals surface area contributed by atoms with E-state index >= 15 is 0 Å². The second-order valence-electron chi connectivity index (χ2n) is 8.08. The zero-order valence-corrected chi connectivity index (χ0v) is 20.2. The Kier molecular flexibility index (Phi) is 7.74. The maximum atomic E-state index is 12.7. The monoisotopic (exact) mass is 510 g/mol. The van der Waals surface area contributed by atoms with Crippen molar-refractivity contribution in [1.82, 2.24) is 9.97 Å². The van der Waals surface area contributed by atoms with E-state index in [1.165, 1.54) is 6.33 Å². The minimum Gasteiger partial charge on any atom is -0.466 e. The largest absolute Gasteiger partial charge is 0.466 e. The third-order valence-corrected chi connectivity index (χ3v) is 6.06. The first-order valence-corrected chi connectivity index (χ1v) is 11.7. The van der Waals surface area contributed by atoms with Gasteiger partial charge in [0.05, 0.1) is 17.4 Å². The molecule has 0 unspecified atom stereocenters. The number of carbonyl (C=O) groups is 2. The van der Waals surface area contributed by atoms with Crippen molar-refractivity contribution in [2.24, 2.45) is 5.92 Å². The molecule has 0 saturated carbocycles. The van der Waals surface area contributed by atoms with Gasteiger partial charge >= 0.3 is 17.5 Å². The Morgan fingerprint density at radius 3 is 2.25 bits per heavy atom. The van der Waals surface area contributed by atoms with Gasteiger partial charge in [-0.15, -0.1) is 0 Å². The van der Waals surface area contributed by atoms with E-state index in [9.17, 15) is 19.7 Å². The van der Waals surface area contributed by atoms with E-state index in [0.29, 0.717) is 48.7 Å². The molecule has 0 aliphatic carbocycles. The highest BCUT2D eigenvalue weighted by Crippen LogP contribution is 2.37.